The number of hydrogen-bond acceptors (Lipinski definition) is 4. The van der Waals surface area contributed by atoms with Crippen molar-refractivity contribution in [1.82, 2.24) is 20.8 Å². The Kier molecular flexibility index (Phi) is 4.45. The quantitative estimate of drug-likeness (QED) is 0.666. The first-order chi connectivity index (χ1) is 13.0. The Labute approximate surface area is 161 Å². The monoisotopic (exact) mass is 380 g/mol. The fourth-order valence-corrected chi connectivity index (χ4v) is 3.31. The standard InChI is InChI=1S/C20H17FN4OS/c1-11-3-5-14(6-4-11)18-24-19(26-25-18)16-12(2)22-20(27)23-17(16)13-7-9-15(21)10-8-13/h3-10,17H,1-2H3,(H2,22,23,27)/t17-/m0/s1. The van der Waals surface area contributed by atoms with Crippen LogP contribution in [0.15, 0.2) is 58.8 Å². The Morgan fingerprint density at radius 3 is 2.44 bits per heavy atom. The second-order valence-electron chi connectivity index (χ2n) is 6.41. The maximum atomic E-state index is 13.3. The van der Waals surface area contributed by atoms with Crippen LogP contribution in [0.3, 0.4) is 0 Å². The van der Waals surface area contributed by atoms with Crippen molar-refractivity contribution < 1.29 is 8.91 Å². The van der Waals surface area contributed by atoms with Gasteiger partial charge in [-0.05, 0) is 43.8 Å². The molecule has 2 heterocycles. The summed E-state index contributed by atoms with van der Waals surface area (Å²) in [5, 5.41) is 10.9. The lowest BCUT2D eigenvalue weighted by Crippen LogP contribution is -2.42. The number of nitrogens with zero attached hydrogens (tertiary/aromatic N) is 2. The van der Waals surface area contributed by atoms with Crippen molar-refractivity contribution in [2.24, 2.45) is 0 Å². The lowest BCUT2D eigenvalue weighted by molar-refractivity contribution is 0.403. The van der Waals surface area contributed by atoms with Gasteiger partial charge >= 0.3 is 0 Å². The Morgan fingerprint density at radius 1 is 1.04 bits per heavy atom. The molecule has 136 valence electrons. The summed E-state index contributed by atoms with van der Waals surface area (Å²) in [6.45, 7) is 3.92. The highest BCUT2D eigenvalue weighted by Crippen LogP contribution is 2.34. The second-order valence-corrected chi connectivity index (χ2v) is 6.82. The Balaban J connectivity index is 1.75. The molecule has 0 bridgehead atoms. The van der Waals surface area contributed by atoms with Gasteiger partial charge in [0.1, 0.15) is 5.82 Å². The molecule has 0 saturated carbocycles. The second kappa shape index (κ2) is 6.92. The molecule has 0 spiro atoms. The molecule has 2 N–H and O–H groups in total. The van der Waals surface area contributed by atoms with Crippen molar-refractivity contribution in [3.05, 3.63) is 77.1 Å². The fraction of sp³-hybridized carbons (Fsp3) is 0.150. The number of aryl methyl sites for hydroxylation is 1. The number of halogens is 1. The molecule has 0 radical (unpaired) electrons. The van der Waals surface area contributed by atoms with Crippen molar-refractivity contribution in [1.29, 1.82) is 0 Å². The van der Waals surface area contributed by atoms with E-state index < -0.39 is 0 Å². The Bertz CT molecular complexity index is 1020. The zero-order valence-corrected chi connectivity index (χ0v) is 15.6. The van der Waals surface area contributed by atoms with Gasteiger partial charge in [-0.15, -0.1) is 0 Å². The highest BCUT2D eigenvalue weighted by Gasteiger charge is 2.30. The fourth-order valence-electron chi connectivity index (χ4n) is 3.04. The zero-order valence-electron chi connectivity index (χ0n) is 14.8. The first-order valence-corrected chi connectivity index (χ1v) is 8.87. The predicted molar refractivity (Wildman–Crippen MR) is 105 cm³/mol. The zero-order chi connectivity index (χ0) is 19.0. The number of nitrogens with one attached hydrogen (secondary N) is 2. The maximum absolute atomic E-state index is 13.3. The van der Waals surface area contributed by atoms with E-state index in [2.05, 4.69) is 20.8 Å². The summed E-state index contributed by atoms with van der Waals surface area (Å²) >= 11 is 5.29. The number of rotatable bonds is 3. The van der Waals surface area contributed by atoms with E-state index in [0.717, 1.165) is 28.0 Å². The molecular formula is C20H17FN4OS. The van der Waals surface area contributed by atoms with Gasteiger partial charge in [0.2, 0.25) is 5.82 Å². The van der Waals surface area contributed by atoms with Crippen LogP contribution in [0.4, 0.5) is 4.39 Å². The maximum Gasteiger partial charge on any atom is 0.258 e. The predicted octanol–water partition coefficient (Wildman–Crippen LogP) is 4.13. The number of thiocarbonyl (C=S) groups is 1. The molecule has 1 aliphatic heterocycles. The van der Waals surface area contributed by atoms with Crippen molar-refractivity contribution in [2.75, 3.05) is 0 Å². The third kappa shape index (κ3) is 3.46. The van der Waals surface area contributed by atoms with Crippen molar-refractivity contribution in [3.8, 4) is 11.4 Å². The van der Waals surface area contributed by atoms with Crippen LogP contribution in [0.5, 0.6) is 0 Å². The molecule has 5 nitrogen and oxygen atoms in total. The minimum atomic E-state index is -0.314. The molecule has 1 aromatic heterocycles. The van der Waals surface area contributed by atoms with Gasteiger partial charge in [-0.1, -0.05) is 47.1 Å². The summed E-state index contributed by atoms with van der Waals surface area (Å²) in [4.78, 5) is 4.57. The van der Waals surface area contributed by atoms with E-state index in [1.165, 1.54) is 12.1 Å². The van der Waals surface area contributed by atoms with Gasteiger partial charge < -0.3 is 15.2 Å². The average Bonchev–Trinajstić information content (AvgIpc) is 3.12. The lowest BCUT2D eigenvalue weighted by Gasteiger charge is -2.29. The van der Waals surface area contributed by atoms with Crippen molar-refractivity contribution in [2.45, 2.75) is 19.9 Å². The van der Waals surface area contributed by atoms with Crippen LogP contribution >= 0.6 is 12.2 Å². The van der Waals surface area contributed by atoms with Crippen molar-refractivity contribution >= 4 is 22.9 Å². The highest BCUT2D eigenvalue weighted by molar-refractivity contribution is 7.80. The summed E-state index contributed by atoms with van der Waals surface area (Å²) in [5.41, 5.74) is 4.48. The van der Waals surface area contributed by atoms with Crippen molar-refractivity contribution in [3.63, 3.8) is 0 Å². The molecule has 27 heavy (non-hydrogen) atoms. The molecule has 4 rings (SSSR count). The summed E-state index contributed by atoms with van der Waals surface area (Å²) in [7, 11) is 0. The van der Waals surface area contributed by atoms with E-state index in [9.17, 15) is 4.39 Å². The first-order valence-electron chi connectivity index (χ1n) is 8.46. The molecule has 0 amide bonds. The van der Waals surface area contributed by atoms with E-state index >= 15 is 0 Å². The van der Waals surface area contributed by atoms with Crippen LogP contribution in [0.2, 0.25) is 0 Å². The smallest absolute Gasteiger partial charge is 0.258 e. The van der Waals surface area contributed by atoms with Gasteiger partial charge in [-0.2, -0.15) is 4.98 Å². The number of aromatic nitrogens is 2. The molecule has 2 aromatic carbocycles. The van der Waals surface area contributed by atoms with E-state index in [1.54, 1.807) is 12.1 Å². The van der Waals surface area contributed by atoms with E-state index in [0.29, 0.717) is 16.8 Å². The lowest BCUT2D eigenvalue weighted by atomic mass is 9.95. The first kappa shape index (κ1) is 17.4. The van der Waals surface area contributed by atoms with Crippen LogP contribution in [-0.4, -0.2) is 15.3 Å². The molecule has 7 heteroatoms. The highest BCUT2D eigenvalue weighted by atomic mass is 32.1. The largest absolute Gasteiger partial charge is 0.351 e. The Morgan fingerprint density at radius 2 is 1.74 bits per heavy atom. The minimum absolute atomic E-state index is 0.294. The van der Waals surface area contributed by atoms with Crippen LogP contribution in [0, 0.1) is 12.7 Å². The molecule has 1 atom stereocenters. The van der Waals surface area contributed by atoms with Gasteiger partial charge in [-0.3, -0.25) is 0 Å². The van der Waals surface area contributed by atoms with Gasteiger partial charge in [0, 0.05) is 11.3 Å². The van der Waals surface area contributed by atoms with Crippen LogP contribution in [0.25, 0.3) is 17.0 Å². The minimum Gasteiger partial charge on any atom is -0.351 e. The van der Waals surface area contributed by atoms with Gasteiger partial charge in [0.15, 0.2) is 5.11 Å². The number of benzene rings is 2. The molecule has 3 aromatic rings. The van der Waals surface area contributed by atoms with Crippen LogP contribution in [-0.2, 0) is 0 Å². The molecular weight excluding hydrogens is 363 g/mol. The Hall–Kier alpha value is -3.06. The summed E-state index contributed by atoms with van der Waals surface area (Å²) in [5.74, 6) is 0.605. The third-order valence-corrected chi connectivity index (χ3v) is 4.66. The topological polar surface area (TPSA) is 63.0 Å². The molecule has 0 saturated heterocycles. The van der Waals surface area contributed by atoms with Crippen LogP contribution in [0.1, 0.15) is 30.0 Å². The molecule has 1 aliphatic rings. The van der Waals surface area contributed by atoms with Gasteiger partial charge in [0.05, 0.1) is 11.6 Å². The SMILES string of the molecule is CC1=C(c2nc(-c3ccc(C)cc3)no2)[C@H](c2ccc(F)cc2)NC(=S)N1. The average molecular weight is 380 g/mol. The number of hydrogen-bond donors (Lipinski definition) is 2. The third-order valence-electron chi connectivity index (χ3n) is 4.44. The summed E-state index contributed by atoms with van der Waals surface area (Å²) in [6, 6.07) is 13.9. The normalized spacial score (nSPS) is 16.9. The number of allylic oxidation sites excluding steroid dienone is 1. The molecule has 0 fully saturated rings. The summed E-state index contributed by atoms with van der Waals surface area (Å²) < 4.78 is 18.9. The molecule has 0 aliphatic carbocycles. The van der Waals surface area contributed by atoms with E-state index in [-0.39, 0.29) is 11.9 Å². The van der Waals surface area contributed by atoms with Crippen LogP contribution < -0.4 is 10.6 Å². The van der Waals surface area contributed by atoms with E-state index in [1.807, 2.05) is 38.1 Å². The van der Waals surface area contributed by atoms with Gasteiger partial charge in [0.25, 0.3) is 5.89 Å². The molecule has 0 unspecified atom stereocenters. The van der Waals surface area contributed by atoms with E-state index in [4.69, 9.17) is 16.7 Å². The van der Waals surface area contributed by atoms with Gasteiger partial charge in [-0.25, -0.2) is 4.39 Å². The summed E-state index contributed by atoms with van der Waals surface area (Å²) in [6.07, 6.45) is 0.